The number of carboxylic acid groups (broad SMARTS) is 1. The molecule has 0 aliphatic rings. The van der Waals surface area contributed by atoms with Crippen LogP contribution in [0.3, 0.4) is 0 Å². The average molecular weight is 304 g/mol. The van der Waals surface area contributed by atoms with Crippen molar-refractivity contribution in [3.63, 3.8) is 0 Å². The fourth-order valence-corrected chi connectivity index (χ4v) is 2.67. The summed E-state index contributed by atoms with van der Waals surface area (Å²) in [6.45, 7) is 0.173. The molecular formula is C16H16O4S. The van der Waals surface area contributed by atoms with Crippen LogP contribution in [-0.4, -0.2) is 34.6 Å². The second-order valence-electron chi connectivity index (χ2n) is 4.39. The summed E-state index contributed by atoms with van der Waals surface area (Å²) in [6, 6.07) is 16.0. The summed E-state index contributed by atoms with van der Waals surface area (Å²) in [5, 5.41) is 19.0. The third-order valence-corrected chi connectivity index (χ3v) is 3.95. The van der Waals surface area contributed by atoms with Crippen molar-refractivity contribution in [1.29, 1.82) is 0 Å². The number of benzene rings is 2. The summed E-state index contributed by atoms with van der Waals surface area (Å²) in [6.07, 6.45) is -0.669. The van der Waals surface area contributed by atoms with Crippen LogP contribution in [0.4, 0.5) is 0 Å². The lowest BCUT2D eigenvalue weighted by Gasteiger charge is -2.12. The van der Waals surface area contributed by atoms with Crippen molar-refractivity contribution in [2.24, 2.45) is 0 Å². The molecule has 0 aliphatic carbocycles. The van der Waals surface area contributed by atoms with Gasteiger partial charge in [0.2, 0.25) is 0 Å². The van der Waals surface area contributed by atoms with Gasteiger partial charge in [0.15, 0.2) is 0 Å². The maximum atomic E-state index is 11.1. The molecule has 0 radical (unpaired) electrons. The van der Waals surface area contributed by atoms with Crippen molar-refractivity contribution < 1.29 is 19.7 Å². The number of rotatable bonds is 7. The maximum absolute atomic E-state index is 11.1. The summed E-state index contributed by atoms with van der Waals surface area (Å²) in [4.78, 5) is 11.7. The van der Waals surface area contributed by atoms with E-state index in [0.717, 1.165) is 0 Å². The minimum Gasteiger partial charge on any atom is -0.491 e. The number of hydrogen-bond donors (Lipinski definition) is 2. The predicted octanol–water partition coefficient (Wildman–Crippen LogP) is 2.92. The van der Waals surface area contributed by atoms with Gasteiger partial charge in [-0.2, -0.15) is 0 Å². The molecule has 0 spiro atoms. The van der Waals surface area contributed by atoms with E-state index in [1.54, 1.807) is 24.3 Å². The van der Waals surface area contributed by atoms with E-state index in [4.69, 9.17) is 9.84 Å². The molecule has 5 heteroatoms. The minimum atomic E-state index is -0.965. The van der Waals surface area contributed by atoms with Gasteiger partial charge in [-0.05, 0) is 24.3 Å². The highest BCUT2D eigenvalue weighted by molar-refractivity contribution is 7.99. The van der Waals surface area contributed by atoms with Crippen LogP contribution < -0.4 is 4.74 Å². The van der Waals surface area contributed by atoms with Crippen molar-refractivity contribution in [1.82, 2.24) is 0 Å². The largest absolute Gasteiger partial charge is 0.491 e. The first-order valence-electron chi connectivity index (χ1n) is 6.48. The molecule has 0 heterocycles. The molecule has 21 heavy (non-hydrogen) atoms. The van der Waals surface area contributed by atoms with Crippen molar-refractivity contribution in [2.75, 3.05) is 12.4 Å². The van der Waals surface area contributed by atoms with Crippen LogP contribution in [0, 0.1) is 0 Å². The van der Waals surface area contributed by atoms with Gasteiger partial charge in [-0.3, -0.25) is 0 Å². The number of hydrogen-bond acceptors (Lipinski definition) is 4. The van der Waals surface area contributed by atoms with Crippen molar-refractivity contribution in [3.05, 3.63) is 60.2 Å². The molecule has 4 nitrogen and oxygen atoms in total. The van der Waals surface area contributed by atoms with Crippen LogP contribution in [0.25, 0.3) is 0 Å². The van der Waals surface area contributed by atoms with E-state index in [9.17, 15) is 9.90 Å². The normalized spacial score (nSPS) is 11.9. The van der Waals surface area contributed by atoms with Crippen molar-refractivity contribution >= 4 is 17.7 Å². The highest BCUT2D eigenvalue weighted by atomic mass is 32.2. The predicted molar refractivity (Wildman–Crippen MR) is 82.1 cm³/mol. The smallest absolute Gasteiger partial charge is 0.336 e. The summed E-state index contributed by atoms with van der Waals surface area (Å²) in [5.41, 5.74) is 0.249. The molecule has 0 fully saturated rings. The van der Waals surface area contributed by atoms with E-state index in [-0.39, 0.29) is 12.2 Å². The Kier molecular flexibility index (Phi) is 5.66. The summed E-state index contributed by atoms with van der Waals surface area (Å²) >= 11 is 1.31. The Balaban J connectivity index is 1.84. The molecule has 2 aromatic carbocycles. The van der Waals surface area contributed by atoms with Crippen LogP contribution >= 0.6 is 11.8 Å². The molecule has 2 rings (SSSR count). The third-order valence-electron chi connectivity index (χ3n) is 2.73. The Hall–Kier alpha value is -1.98. The molecule has 1 unspecified atom stereocenters. The van der Waals surface area contributed by atoms with Crippen molar-refractivity contribution in [3.8, 4) is 5.75 Å². The molecule has 2 N–H and O–H groups in total. The number of carboxylic acids is 1. The summed E-state index contributed by atoms with van der Waals surface area (Å²) in [5.74, 6) is 0.109. The first-order valence-corrected chi connectivity index (χ1v) is 7.46. The second kappa shape index (κ2) is 7.71. The van der Waals surface area contributed by atoms with E-state index in [2.05, 4.69) is 0 Å². The van der Waals surface area contributed by atoms with E-state index < -0.39 is 12.1 Å². The summed E-state index contributed by atoms with van der Waals surface area (Å²) in [7, 11) is 0. The fraction of sp³-hybridized carbons (Fsp3) is 0.188. The lowest BCUT2D eigenvalue weighted by molar-refractivity contribution is 0.0693. The van der Waals surface area contributed by atoms with Gasteiger partial charge in [-0.1, -0.05) is 30.3 Å². The molecule has 0 amide bonds. The second-order valence-corrected chi connectivity index (χ2v) is 5.45. The number of para-hydroxylation sites is 1. The Bertz CT molecular complexity index is 586. The molecule has 0 aliphatic heterocycles. The zero-order valence-electron chi connectivity index (χ0n) is 11.3. The molecular weight excluding hydrogens is 288 g/mol. The number of aliphatic hydroxyl groups excluding tert-OH is 1. The number of aliphatic hydroxyl groups is 1. The first kappa shape index (κ1) is 15.4. The highest BCUT2D eigenvalue weighted by Crippen LogP contribution is 2.23. The molecule has 0 aromatic heterocycles. The maximum Gasteiger partial charge on any atom is 0.336 e. The molecule has 110 valence electrons. The Labute approximate surface area is 127 Å². The number of aromatic carboxylic acids is 1. The van der Waals surface area contributed by atoms with Gasteiger partial charge < -0.3 is 14.9 Å². The average Bonchev–Trinajstić information content (AvgIpc) is 2.52. The van der Waals surface area contributed by atoms with Crippen molar-refractivity contribution in [2.45, 2.75) is 11.0 Å². The fourth-order valence-electron chi connectivity index (χ4n) is 1.71. The minimum absolute atomic E-state index is 0.173. The first-order chi connectivity index (χ1) is 10.2. The topological polar surface area (TPSA) is 66.8 Å². The van der Waals surface area contributed by atoms with Crippen LogP contribution in [0.2, 0.25) is 0 Å². The van der Waals surface area contributed by atoms with Crippen LogP contribution in [-0.2, 0) is 0 Å². The highest BCUT2D eigenvalue weighted by Gasteiger charge is 2.12. The monoisotopic (exact) mass is 304 g/mol. The van der Waals surface area contributed by atoms with Crippen LogP contribution in [0.5, 0.6) is 5.75 Å². The molecule has 1 atom stereocenters. The Morgan fingerprint density at radius 3 is 2.48 bits per heavy atom. The number of ether oxygens (including phenoxy) is 1. The zero-order valence-corrected chi connectivity index (χ0v) is 12.1. The van der Waals surface area contributed by atoms with E-state index >= 15 is 0 Å². The molecule has 0 bridgehead atoms. The third kappa shape index (κ3) is 4.81. The van der Waals surface area contributed by atoms with Gasteiger partial charge in [0, 0.05) is 10.6 Å². The molecule has 0 saturated carbocycles. The number of thioether (sulfide) groups is 1. The Morgan fingerprint density at radius 2 is 1.76 bits per heavy atom. The molecule has 2 aromatic rings. The van der Waals surface area contributed by atoms with Gasteiger partial charge in [0.1, 0.15) is 12.4 Å². The summed E-state index contributed by atoms with van der Waals surface area (Å²) < 4.78 is 5.45. The standard InChI is InChI=1S/C16H16O4S/c17-12(10-20-13-6-2-1-3-7-13)11-21-15-9-5-4-8-14(15)16(18)19/h1-9,12,17H,10-11H2,(H,18,19). The van der Waals surface area contributed by atoms with Crippen LogP contribution in [0.1, 0.15) is 10.4 Å². The lowest BCUT2D eigenvalue weighted by Crippen LogP contribution is -2.20. The van der Waals surface area contributed by atoms with E-state index in [1.807, 2.05) is 30.3 Å². The Morgan fingerprint density at radius 1 is 1.10 bits per heavy atom. The van der Waals surface area contributed by atoms with Gasteiger partial charge in [0.25, 0.3) is 0 Å². The lowest BCUT2D eigenvalue weighted by atomic mass is 10.2. The zero-order chi connectivity index (χ0) is 15.1. The van der Waals surface area contributed by atoms with Gasteiger partial charge in [0.05, 0.1) is 11.7 Å². The quantitative estimate of drug-likeness (QED) is 0.770. The van der Waals surface area contributed by atoms with Gasteiger partial charge in [-0.25, -0.2) is 4.79 Å². The number of carbonyl (C=O) groups is 1. The van der Waals surface area contributed by atoms with E-state index in [0.29, 0.717) is 16.4 Å². The van der Waals surface area contributed by atoms with E-state index in [1.165, 1.54) is 11.8 Å². The van der Waals surface area contributed by atoms with Gasteiger partial charge in [-0.15, -0.1) is 11.8 Å². The van der Waals surface area contributed by atoms with Gasteiger partial charge >= 0.3 is 5.97 Å². The molecule has 0 saturated heterocycles. The van der Waals surface area contributed by atoms with Crippen LogP contribution in [0.15, 0.2) is 59.5 Å². The SMILES string of the molecule is O=C(O)c1ccccc1SCC(O)COc1ccccc1.